The van der Waals surface area contributed by atoms with E-state index >= 15 is 0 Å². The summed E-state index contributed by atoms with van der Waals surface area (Å²) in [7, 11) is 0. The number of aromatic nitrogens is 4. The zero-order valence-electron chi connectivity index (χ0n) is 16.2. The second kappa shape index (κ2) is 6.93. The third kappa shape index (κ3) is 3.26. The Labute approximate surface area is 164 Å². The number of nitrogens with zero attached hydrogens (tertiary/aromatic N) is 4. The lowest BCUT2D eigenvalue weighted by molar-refractivity contribution is -0.120. The molecule has 2 bridgehead atoms. The summed E-state index contributed by atoms with van der Waals surface area (Å²) in [6, 6.07) is 10.3. The van der Waals surface area contributed by atoms with E-state index in [1.54, 1.807) is 4.68 Å². The van der Waals surface area contributed by atoms with Gasteiger partial charge in [0.05, 0.1) is 12.3 Å². The van der Waals surface area contributed by atoms with Crippen LogP contribution in [0, 0.1) is 16.7 Å². The number of carbonyl (C=O) groups excluding carboxylic acids is 1. The summed E-state index contributed by atoms with van der Waals surface area (Å²) in [4.78, 5) is 12.6. The minimum absolute atomic E-state index is 0.0730. The van der Waals surface area contributed by atoms with Crippen LogP contribution in [0.15, 0.2) is 35.5 Å². The molecule has 2 saturated carbocycles. The van der Waals surface area contributed by atoms with Crippen molar-refractivity contribution in [1.82, 2.24) is 25.5 Å². The van der Waals surface area contributed by atoms with Crippen LogP contribution in [0.5, 0.6) is 0 Å². The second-order valence-corrected chi connectivity index (χ2v) is 9.57. The number of nitrogens with one attached hydrogen (secondary N) is 1. The quantitative estimate of drug-likeness (QED) is 0.774. The molecule has 2 fully saturated rings. The van der Waals surface area contributed by atoms with Crippen molar-refractivity contribution in [3.63, 3.8) is 0 Å². The Hall–Kier alpha value is -1.89. The Morgan fingerprint density at radius 1 is 1.30 bits per heavy atom. The summed E-state index contributed by atoms with van der Waals surface area (Å²) in [6.45, 7) is 7.68. The first-order chi connectivity index (χ1) is 12.9. The van der Waals surface area contributed by atoms with Crippen molar-refractivity contribution in [1.29, 1.82) is 0 Å². The molecule has 144 valence electrons. The van der Waals surface area contributed by atoms with Gasteiger partial charge in [0, 0.05) is 6.04 Å². The second-order valence-electron chi connectivity index (χ2n) is 8.62. The van der Waals surface area contributed by atoms with Crippen molar-refractivity contribution in [2.45, 2.75) is 57.8 Å². The molecule has 4 rings (SSSR count). The molecule has 1 heterocycles. The average molecular weight is 386 g/mol. The molecule has 0 radical (unpaired) electrons. The highest BCUT2D eigenvalue weighted by atomic mass is 32.2. The topological polar surface area (TPSA) is 72.7 Å². The van der Waals surface area contributed by atoms with Crippen molar-refractivity contribution < 1.29 is 4.79 Å². The van der Waals surface area contributed by atoms with Gasteiger partial charge in [-0.15, -0.1) is 5.10 Å². The van der Waals surface area contributed by atoms with Gasteiger partial charge in [0.25, 0.3) is 0 Å². The standard InChI is InChI=1S/C20H27N5OS/c1-19(2)15-9-10-20(19,3)16(11-15)21-17(26)13-27-18-22-23-24-25(18)12-14-7-5-4-6-8-14/h4-8,15-16H,9-13H2,1-3H3,(H,21,26). The smallest absolute Gasteiger partial charge is 0.230 e. The number of benzene rings is 1. The van der Waals surface area contributed by atoms with Gasteiger partial charge in [0.2, 0.25) is 11.1 Å². The van der Waals surface area contributed by atoms with Crippen LogP contribution in [0.3, 0.4) is 0 Å². The molecule has 0 spiro atoms. The van der Waals surface area contributed by atoms with Crippen LogP contribution >= 0.6 is 11.8 Å². The third-order valence-electron chi connectivity index (χ3n) is 7.14. The van der Waals surface area contributed by atoms with Gasteiger partial charge in [0.1, 0.15) is 0 Å². The first kappa shape index (κ1) is 18.5. The molecule has 1 amide bonds. The van der Waals surface area contributed by atoms with Gasteiger partial charge >= 0.3 is 0 Å². The maximum atomic E-state index is 12.6. The molecule has 1 N–H and O–H groups in total. The molecule has 3 atom stereocenters. The number of tetrazole rings is 1. The molecule has 2 aliphatic rings. The van der Waals surface area contributed by atoms with Crippen LogP contribution in [-0.4, -0.2) is 37.9 Å². The molecule has 7 heteroatoms. The highest BCUT2D eigenvalue weighted by Gasteiger charge is 2.61. The maximum Gasteiger partial charge on any atom is 0.230 e. The summed E-state index contributed by atoms with van der Waals surface area (Å²) in [5.41, 5.74) is 1.64. The molecular weight excluding hydrogens is 358 g/mol. The van der Waals surface area contributed by atoms with Crippen molar-refractivity contribution in [2.75, 3.05) is 5.75 Å². The van der Waals surface area contributed by atoms with Gasteiger partial charge in [-0.05, 0) is 52.0 Å². The molecule has 6 nitrogen and oxygen atoms in total. The van der Waals surface area contributed by atoms with Crippen molar-refractivity contribution >= 4 is 17.7 Å². The van der Waals surface area contributed by atoms with Gasteiger partial charge in [-0.3, -0.25) is 4.79 Å². The van der Waals surface area contributed by atoms with Crippen molar-refractivity contribution in [3.05, 3.63) is 35.9 Å². The van der Waals surface area contributed by atoms with Gasteiger partial charge in [-0.2, -0.15) is 0 Å². The van der Waals surface area contributed by atoms with E-state index in [2.05, 4.69) is 41.6 Å². The Bertz CT molecular complexity index is 821. The molecular formula is C20H27N5OS. The van der Waals surface area contributed by atoms with Crippen LogP contribution in [0.2, 0.25) is 0 Å². The molecule has 2 aromatic rings. The fraction of sp³-hybridized carbons (Fsp3) is 0.600. The van der Waals surface area contributed by atoms with Gasteiger partial charge in [-0.1, -0.05) is 62.9 Å². The lowest BCUT2D eigenvalue weighted by atomic mass is 9.69. The summed E-state index contributed by atoms with van der Waals surface area (Å²) in [5.74, 6) is 1.13. The molecule has 2 aliphatic carbocycles. The van der Waals surface area contributed by atoms with Crippen LogP contribution < -0.4 is 5.32 Å². The van der Waals surface area contributed by atoms with Crippen LogP contribution in [-0.2, 0) is 11.3 Å². The van der Waals surface area contributed by atoms with Crippen molar-refractivity contribution in [2.24, 2.45) is 16.7 Å². The fourth-order valence-electron chi connectivity index (χ4n) is 4.94. The minimum atomic E-state index is 0.0730. The lowest BCUT2D eigenvalue weighted by Crippen LogP contribution is -2.47. The third-order valence-corrected chi connectivity index (χ3v) is 8.09. The largest absolute Gasteiger partial charge is 0.352 e. The number of hydrogen-bond acceptors (Lipinski definition) is 5. The molecule has 1 aromatic carbocycles. The zero-order chi connectivity index (χ0) is 19.1. The number of thioether (sulfide) groups is 1. The predicted molar refractivity (Wildman–Crippen MR) is 105 cm³/mol. The predicted octanol–water partition coefficient (Wildman–Crippen LogP) is 3.14. The normalized spacial score (nSPS) is 28.4. The first-order valence-electron chi connectivity index (χ1n) is 9.62. The first-order valence-corrected chi connectivity index (χ1v) is 10.6. The molecule has 27 heavy (non-hydrogen) atoms. The number of amides is 1. The maximum absolute atomic E-state index is 12.6. The number of hydrogen-bond donors (Lipinski definition) is 1. The SMILES string of the molecule is CC1(C)C2CCC1(C)C(NC(=O)CSc1nnnn1Cc1ccccc1)C2. The minimum Gasteiger partial charge on any atom is -0.352 e. The van der Waals surface area contributed by atoms with E-state index in [4.69, 9.17) is 0 Å². The number of fused-ring (bicyclic) bond motifs is 2. The number of carbonyl (C=O) groups is 1. The van der Waals surface area contributed by atoms with Gasteiger partial charge in [-0.25, -0.2) is 4.68 Å². The van der Waals surface area contributed by atoms with Crippen molar-refractivity contribution in [3.8, 4) is 0 Å². The Balaban J connectivity index is 1.34. The molecule has 3 unspecified atom stereocenters. The Kier molecular flexibility index (Phi) is 4.74. The highest BCUT2D eigenvalue weighted by molar-refractivity contribution is 7.99. The molecule has 1 aromatic heterocycles. The fourth-order valence-corrected chi connectivity index (χ4v) is 5.63. The number of rotatable bonds is 6. The van der Waals surface area contributed by atoms with E-state index in [1.807, 2.05) is 30.3 Å². The Morgan fingerprint density at radius 3 is 2.74 bits per heavy atom. The monoisotopic (exact) mass is 385 g/mol. The van der Waals surface area contributed by atoms with Gasteiger partial charge in [0.15, 0.2) is 0 Å². The zero-order valence-corrected chi connectivity index (χ0v) is 17.0. The molecule has 0 saturated heterocycles. The lowest BCUT2D eigenvalue weighted by Gasteiger charge is -2.39. The Morgan fingerprint density at radius 2 is 2.07 bits per heavy atom. The van der Waals surface area contributed by atoms with E-state index in [0.29, 0.717) is 22.9 Å². The molecule has 0 aliphatic heterocycles. The van der Waals surface area contributed by atoms with Gasteiger partial charge < -0.3 is 5.32 Å². The van der Waals surface area contributed by atoms with Crippen LogP contribution in [0.25, 0.3) is 0 Å². The van der Waals surface area contributed by atoms with E-state index in [-0.39, 0.29) is 17.4 Å². The van der Waals surface area contributed by atoms with Crippen LogP contribution in [0.1, 0.15) is 45.6 Å². The summed E-state index contributed by atoms with van der Waals surface area (Å²) in [6.07, 6.45) is 3.60. The summed E-state index contributed by atoms with van der Waals surface area (Å²) < 4.78 is 1.75. The summed E-state index contributed by atoms with van der Waals surface area (Å²) >= 11 is 1.40. The van der Waals surface area contributed by atoms with E-state index in [9.17, 15) is 4.79 Å². The van der Waals surface area contributed by atoms with E-state index < -0.39 is 0 Å². The van der Waals surface area contributed by atoms with E-state index in [1.165, 1.54) is 24.6 Å². The average Bonchev–Trinajstić information content (AvgIpc) is 3.23. The van der Waals surface area contributed by atoms with Crippen LogP contribution in [0.4, 0.5) is 0 Å². The summed E-state index contributed by atoms with van der Waals surface area (Å²) in [5, 5.41) is 15.9. The van der Waals surface area contributed by atoms with E-state index in [0.717, 1.165) is 17.9 Å². The highest BCUT2D eigenvalue weighted by Crippen LogP contribution is 2.65.